The van der Waals surface area contributed by atoms with Gasteiger partial charge in [0.25, 0.3) is 0 Å². The van der Waals surface area contributed by atoms with Gasteiger partial charge < -0.3 is 10.0 Å². The minimum atomic E-state index is -0.835. The van der Waals surface area contributed by atoms with E-state index in [-0.39, 0.29) is 12.6 Å². The van der Waals surface area contributed by atoms with E-state index in [9.17, 15) is 9.59 Å². The highest BCUT2D eigenvalue weighted by Gasteiger charge is 2.31. The van der Waals surface area contributed by atoms with Gasteiger partial charge in [-0.2, -0.15) is 5.10 Å². The summed E-state index contributed by atoms with van der Waals surface area (Å²) in [5, 5.41) is 16.4. The predicted molar refractivity (Wildman–Crippen MR) is 85.4 cm³/mol. The molecule has 2 N–H and O–H groups in total. The number of carbonyl (C=O) groups is 2. The van der Waals surface area contributed by atoms with Gasteiger partial charge in [-0.3, -0.25) is 14.8 Å². The molecule has 1 atom stereocenters. The summed E-state index contributed by atoms with van der Waals surface area (Å²) < 4.78 is 2.03. The van der Waals surface area contributed by atoms with Crippen LogP contribution in [-0.2, 0) is 4.79 Å². The molecular weight excluding hydrogens is 296 g/mol. The molecule has 126 valence electrons. The zero-order valence-corrected chi connectivity index (χ0v) is 13.5. The standard InChI is InChI=1S/C16H24N4O3/c1-11-9-14(18-20(11)13-5-3-2-4-6-13)17-16(23)19-8-7-12(10-19)15(21)22/h9,12-13H,2-8,10H2,1H3,(H,21,22)(H,17,18,23). The van der Waals surface area contributed by atoms with Crippen molar-refractivity contribution in [1.29, 1.82) is 0 Å². The first-order chi connectivity index (χ1) is 11.0. The van der Waals surface area contributed by atoms with Crippen molar-refractivity contribution < 1.29 is 14.7 Å². The molecule has 1 aromatic rings. The lowest BCUT2D eigenvalue weighted by atomic mass is 9.95. The number of hydrogen-bond acceptors (Lipinski definition) is 3. The maximum absolute atomic E-state index is 12.3. The third-order valence-electron chi connectivity index (χ3n) is 4.90. The van der Waals surface area contributed by atoms with Gasteiger partial charge in [-0.15, -0.1) is 0 Å². The Morgan fingerprint density at radius 2 is 2.00 bits per heavy atom. The van der Waals surface area contributed by atoms with Crippen molar-refractivity contribution in [1.82, 2.24) is 14.7 Å². The summed E-state index contributed by atoms with van der Waals surface area (Å²) in [5.74, 6) is -0.739. The van der Waals surface area contributed by atoms with Crippen LogP contribution in [-0.4, -0.2) is 44.9 Å². The van der Waals surface area contributed by atoms with Gasteiger partial charge in [-0.1, -0.05) is 19.3 Å². The number of aromatic nitrogens is 2. The molecule has 7 heteroatoms. The third kappa shape index (κ3) is 3.48. The maximum Gasteiger partial charge on any atom is 0.323 e. The molecule has 1 aliphatic carbocycles. The molecule has 1 saturated carbocycles. The van der Waals surface area contributed by atoms with Crippen molar-refractivity contribution in [2.45, 2.75) is 51.5 Å². The van der Waals surface area contributed by atoms with E-state index in [1.54, 1.807) is 4.90 Å². The van der Waals surface area contributed by atoms with Crippen molar-refractivity contribution in [3.63, 3.8) is 0 Å². The molecule has 1 aromatic heterocycles. The Hall–Kier alpha value is -2.05. The van der Waals surface area contributed by atoms with Crippen LogP contribution in [0.15, 0.2) is 6.07 Å². The lowest BCUT2D eigenvalue weighted by Crippen LogP contribution is -2.34. The molecule has 1 saturated heterocycles. The number of anilines is 1. The molecule has 0 aromatic carbocycles. The van der Waals surface area contributed by atoms with Gasteiger partial charge in [0, 0.05) is 24.8 Å². The Kier molecular flexibility index (Phi) is 4.54. The summed E-state index contributed by atoms with van der Waals surface area (Å²) in [4.78, 5) is 24.8. The average molecular weight is 320 g/mol. The SMILES string of the molecule is Cc1cc(NC(=O)N2CCC(C(=O)O)C2)nn1C1CCCCC1. The summed E-state index contributed by atoms with van der Waals surface area (Å²) >= 11 is 0. The molecule has 2 amide bonds. The molecule has 7 nitrogen and oxygen atoms in total. The van der Waals surface area contributed by atoms with Gasteiger partial charge in [0.05, 0.1) is 12.0 Å². The maximum atomic E-state index is 12.3. The van der Waals surface area contributed by atoms with Gasteiger partial charge in [-0.05, 0) is 26.2 Å². The quantitative estimate of drug-likeness (QED) is 0.896. The van der Waals surface area contributed by atoms with E-state index < -0.39 is 11.9 Å². The van der Waals surface area contributed by atoms with E-state index in [0.717, 1.165) is 18.5 Å². The van der Waals surface area contributed by atoms with Crippen LogP contribution in [0.4, 0.5) is 10.6 Å². The molecule has 2 heterocycles. The van der Waals surface area contributed by atoms with Gasteiger partial charge in [-0.25, -0.2) is 4.79 Å². The fourth-order valence-electron chi connectivity index (χ4n) is 3.58. The van der Waals surface area contributed by atoms with E-state index in [1.165, 1.54) is 19.3 Å². The normalized spacial score (nSPS) is 22.3. The highest BCUT2D eigenvalue weighted by atomic mass is 16.4. The predicted octanol–water partition coefficient (Wildman–Crippen LogP) is 2.64. The molecule has 0 radical (unpaired) electrons. The number of nitrogens with zero attached hydrogens (tertiary/aromatic N) is 3. The van der Waals surface area contributed by atoms with Gasteiger partial charge in [0.1, 0.15) is 0 Å². The Morgan fingerprint density at radius 1 is 1.26 bits per heavy atom. The van der Waals surface area contributed by atoms with Crippen LogP contribution in [0, 0.1) is 12.8 Å². The van der Waals surface area contributed by atoms with E-state index >= 15 is 0 Å². The summed E-state index contributed by atoms with van der Waals surface area (Å²) in [6.45, 7) is 2.75. The zero-order valence-electron chi connectivity index (χ0n) is 13.5. The first-order valence-corrected chi connectivity index (χ1v) is 8.39. The number of likely N-dealkylation sites (tertiary alicyclic amines) is 1. The van der Waals surface area contributed by atoms with Crippen LogP contribution in [0.25, 0.3) is 0 Å². The second kappa shape index (κ2) is 6.60. The fourth-order valence-corrected chi connectivity index (χ4v) is 3.58. The molecule has 0 bridgehead atoms. The molecule has 23 heavy (non-hydrogen) atoms. The number of hydrogen-bond donors (Lipinski definition) is 2. The summed E-state index contributed by atoms with van der Waals surface area (Å²) in [5.41, 5.74) is 1.05. The zero-order chi connectivity index (χ0) is 16.4. The smallest absolute Gasteiger partial charge is 0.323 e. The summed E-state index contributed by atoms with van der Waals surface area (Å²) in [6.07, 6.45) is 6.55. The lowest BCUT2D eigenvalue weighted by molar-refractivity contribution is -0.141. The fraction of sp³-hybridized carbons (Fsp3) is 0.688. The third-order valence-corrected chi connectivity index (χ3v) is 4.90. The van der Waals surface area contributed by atoms with E-state index in [1.807, 2.05) is 17.7 Å². The van der Waals surface area contributed by atoms with Crippen molar-refractivity contribution in [3.8, 4) is 0 Å². The van der Waals surface area contributed by atoms with Crippen molar-refractivity contribution >= 4 is 17.8 Å². The Labute approximate surface area is 135 Å². The van der Waals surface area contributed by atoms with Crippen LogP contribution in [0.1, 0.15) is 50.3 Å². The molecular formula is C16H24N4O3. The molecule has 2 fully saturated rings. The van der Waals surface area contributed by atoms with Gasteiger partial charge in [0.2, 0.25) is 0 Å². The number of aryl methyl sites for hydroxylation is 1. The Balaban J connectivity index is 1.62. The second-order valence-electron chi connectivity index (χ2n) is 6.61. The van der Waals surface area contributed by atoms with Crippen molar-refractivity contribution in [2.75, 3.05) is 18.4 Å². The van der Waals surface area contributed by atoms with Crippen LogP contribution >= 0.6 is 0 Å². The van der Waals surface area contributed by atoms with Crippen LogP contribution in [0.2, 0.25) is 0 Å². The average Bonchev–Trinajstić information content (AvgIpc) is 3.15. The highest BCUT2D eigenvalue weighted by Crippen LogP contribution is 2.29. The number of rotatable bonds is 3. The molecule has 2 aliphatic rings. The van der Waals surface area contributed by atoms with E-state index in [2.05, 4.69) is 10.4 Å². The van der Waals surface area contributed by atoms with Gasteiger partial charge in [0.15, 0.2) is 5.82 Å². The van der Waals surface area contributed by atoms with E-state index in [0.29, 0.717) is 24.8 Å². The second-order valence-corrected chi connectivity index (χ2v) is 6.61. The monoisotopic (exact) mass is 320 g/mol. The largest absolute Gasteiger partial charge is 0.481 e. The number of nitrogens with one attached hydrogen (secondary N) is 1. The molecule has 3 rings (SSSR count). The minimum Gasteiger partial charge on any atom is -0.481 e. The summed E-state index contributed by atoms with van der Waals surface area (Å²) in [6, 6.07) is 2.05. The number of urea groups is 1. The van der Waals surface area contributed by atoms with Crippen LogP contribution < -0.4 is 5.32 Å². The topological polar surface area (TPSA) is 87.5 Å². The number of aliphatic carboxylic acids is 1. The number of amides is 2. The van der Waals surface area contributed by atoms with E-state index in [4.69, 9.17) is 5.11 Å². The first kappa shape index (κ1) is 15.8. The van der Waals surface area contributed by atoms with Crippen LogP contribution in [0.3, 0.4) is 0 Å². The Morgan fingerprint density at radius 3 is 2.65 bits per heavy atom. The first-order valence-electron chi connectivity index (χ1n) is 8.39. The molecule has 1 unspecified atom stereocenters. The molecule has 0 spiro atoms. The Bertz CT molecular complexity index is 592. The number of carboxylic acids is 1. The van der Waals surface area contributed by atoms with Crippen molar-refractivity contribution in [2.24, 2.45) is 5.92 Å². The van der Waals surface area contributed by atoms with Crippen molar-refractivity contribution in [3.05, 3.63) is 11.8 Å². The summed E-state index contributed by atoms with van der Waals surface area (Å²) in [7, 11) is 0. The minimum absolute atomic E-state index is 0.262. The van der Waals surface area contributed by atoms with Gasteiger partial charge >= 0.3 is 12.0 Å². The molecule has 1 aliphatic heterocycles. The number of carbonyl (C=O) groups excluding carboxylic acids is 1. The van der Waals surface area contributed by atoms with Crippen LogP contribution in [0.5, 0.6) is 0 Å². The lowest BCUT2D eigenvalue weighted by Gasteiger charge is -2.23. The number of carboxylic acid groups (broad SMARTS) is 1. The highest BCUT2D eigenvalue weighted by molar-refractivity contribution is 5.89.